The van der Waals surface area contributed by atoms with Crippen molar-refractivity contribution in [1.82, 2.24) is 0 Å². The van der Waals surface area contributed by atoms with E-state index in [9.17, 15) is 90.4 Å². The van der Waals surface area contributed by atoms with Crippen LogP contribution in [-0.2, 0) is 35.4 Å². The zero-order valence-corrected chi connectivity index (χ0v) is 40.8. The Labute approximate surface area is 451 Å². The van der Waals surface area contributed by atoms with E-state index < -0.39 is 158 Å². The zero-order chi connectivity index (χ0) is 57.9. The molecule has 26 heteroatoms. The highest BCUT2D eigenvalue weighted by Crippen LogP contribution is 2.58. The van der Waals surface area contributed by atoms with Gasteiger partial charge in [0, 0.05) is 60.4 Å². The van der Waals surface area contributed by atoms with Crippen LogP contribution in [0, 0.1) is 0 Å². The number of aliphatic hydroxyl groups is 4. The fraction of sp³-hybridized carbons (Fsp3) is 0.182. The lowest BCUT2D eigenvalue weighted by molar-refractivity contribution is -0.316. The fourth-order valence-electron chi connectivity index (χ4n) is 9.95. The molecule has 0 bridgehead atoms. The summed E-state index contributed by atoms with van der Waals surface area (Å²) >= 11 is 0. The predicted molar refractivity (Wildman–Crippen MR) is 263 cm³/mol. The van der Waals surface area contributed by atoms with Gasteiger partial charge in [0.1, 0.15) is 51.7 Å². The maximum atomic E-state index is 14.1. The van der Waals surface area contributed by atoms with E-state index >= 15 is 0 Å². The molecule has 6 aromatic rings. The maximum Gasteiger partial charge on any atom is 0.357 e. The SMILES string of the molecule is O=C(/C=C/c1ccc2c(c1)OC1(c3ccc(O)c(O)c3)Oc3cc(O)cc(O)c3C(=O)C1(O)O2)O[C@@H]1[C@H](O)C[C@@](O)(C(=O)O)C[C@H]1OC(=O)/C=C/c1ccc2c(c1)OC1(O)C(=O)c3c(O)cc(O)cc3OC1(c1ccc(O)c(O)c1)O2. The number of ketones is 2. The number of ether oxygens (including phenoxy) is 8. The molecule has 26 nitrogen and oxygen atoms in total. The van der Waals surface area contributed by atoms with Crippen molar-refractivity contribution in [3.63, 3.8) is 0 Å². The Bertz CT molecular complexity index is 3800. The Morgan fingerprint density at radius 2 is 0.914 bits per heavy atom. The molecule has 416 valence electrons. The normalized spacial score (nSPS) is 26.7. The van der Waals surface area contributed by atoms with Crippen molar-refractivity contribution in [3.05, 3.63) is 143 Å². The maximum absolute atomic E-state index is 14.1. The molecule has 5 aliphatic rings. The molecule has 6 aromatic carbocycles. The number of aromatic hydroxyl groups is 8. The number of carbonyl (C=O) groups is 5. The van der Waals surface area contributed by atoms with E-state index in [1.807, 2.05) is 0 Å². The molecule has 4 unspecified atom stereocenters. The van der Waals surface area contributed by atoms with Gasteiger partial charge < -0.3 is 104 Å². The van der Waals surface area contributed by atoms with Crippen LogP contribution in [0.1, 0.15) is 55.8 Å². The molecule has 13 N–H and O–H groups in total. The van der Waals surface area contributed by atoms with Crippen molar-refractivity contribution in [2.45, 2.75) is 59.9 Å². The molecule has 1 fully saturated rings. The van der Waals surface area contributed by atoms with Crippen LogP contribution in [0.2, 0.25) is 0 Å². The largest absolute Gasteiger partial charge is 0.508 e. The highest BCUT2D eigenvalue weighted by Gasteiger charge is 2.72. The van der Waals surface area contributed by atoms with Crippen LogP contribution in [0.25, 0.3) is 12.2 Å². The molecule has 0 amide bonds. The van der Waals surface area contributed by atoms with E-state index in [1.165, 1.54) is 36.4 Å². The van der Waals surface area contributed by atoms with Gasteiger partial charge in [-0.3, -0.25) is 9.59 Å². The van der Waals surface area contributed by atoms with Crippen molar-refractivity contribution in [2.24, 2.45) is 0 Å². The number of phenolic OH excluding ortho intramolecular Hbond substituents is 8. The third-order valence-electron chi connectivity index (χ3n) is 13.8. The van der Waals surface area contributed by atoms with Crippen molar-refractivity contribution in [2.75, 3.05) is 0 Å². The van der Waals surface area contributed by atoms with Crippen molar-refractivity contribution >= 4 is 41.6 Å². The first-order valence-corrected chi connectivity index (χ1v) is 23.8. The first-order chi connectivity index (χ1) is 38.3. The summed E-state index contributed by atoms with van der Waals surface area (Å²) in [4.78, 5) is 67.3. The molecule has 8 atom stereocenters. The number of carboxylic acid groups (broad SMARTS) is 1. The van der Waals surface area contributed by atoms with E-state index in [0.717, 1.165) is 85.0 Å². The number of esters is 2. The highest BCUT2D eigenvalue weighted by molar-refractivity contribution is 6.09. The molecule has 11 rings (SSSR count). The number of Topliss-reactive ketones (excluding diaryl/α,β-unsaturated/α-hetero) is 2. The smallest absolute Gasteiger partial charge is 0.357 e. The van der Waals surface area contributed by atoms with Crippen LogP contribution in [0.15, 0.2) is 109 Å². The number of rotatable bonds is 9. The van der Waals surface area contributed by atoms with Crippen LogP contribution in [0.4, 0.5) is 0 Å². The summed E-state index contributed by atoms with van der Waals surface area (Å²) in [5.41, 5.74) is -4.34. The summed E-state index contributed by atoms with van der Waals surface area (Å²) in [5.74, 6) is -26.3. The molecule has 4 aliphatic heterocycles. The molecular formula is C55H40O26. The minimum absolute atomic E-state index is 0.0826. The highest BCUT2D eigenvalue weighted by atomic mass is 16.8. The number of carbonyl (C=O) groups excluding carboxylic acids is 4. The van der Waals surface area contributed by atoms with Crippen LogP contribution in [0.3, 0.4) is 0 Å². The quantitative estimate of drug-likeness (QED) is 0.0562. The summed E-state index contributed by atoms with van der Waals surface area (Å²) in [6.07, 6.45) is -3.50. The number of aliphatic carboxylic acids is 1. The summed E-state index contributed by atoms with van der Waals surface area (Å²) in [7, 11) is 0. The average molecular weight is 1120 g/mol. The number of phenols is 8. The molecule has 4 heterocycles. The Balaban J connectivity index is 0.827. The third kappa shape index (κ3) is 8.31. The standard InChI is InChI=1S/C55H40O26/c56-27-18-34(63)46-40(19-27)80-54(25-5-7-29(58)31(60)15-25)53(73,49(46)68)77-38-13-23(2-10-37(38)78-54)3-11-43(65)74-42-22-51(71,50(69)70)21-35(64)47(42)75-44(66)12-4-24-1-9-36-39(14-24)79-55(26-6-8-30(59)32(61)16-26)52(72,76-36)48(67)45-33(62)17-28(57)20-41(45)81-55/h1-20,35,42,47,56-64,71-73H,21-22H2,(H,69,70)/b11-3+,12-4+/t35-,42-,47-,51+,52?,53?,54?,55?/m1/s1. The minimum Gasteiger partial charge on any atom is -0.508 e. The second kappa shape index (κ2) is 18.3. The number of hydrogen-bond donors (Lipinski definition) is 13. The van der Waals surface area contributed by atoms with Crippen molar-refractivity contribution in [3.8, 4) is 80.5 Å². The Kier molecular flexibility index (Phi) is 11.9. The van der Waals surface area contributed by atoms with Gasteiger partial charge in [-0.1, -0.05) is 12.1 Å². The topological polar surface area (TPSA) is 422 Å². The van der Waals surface area contributed by atoms with Crippen LogP contribution >= 0.6 is 0 Å². The van der Waals surface area contributed by atoms with Gasteiger partial charge in [0.2, 0.25) is 0 Å². The number of hydrogen-bond acceptors (Lipinski definition) is 25. The van der Waals surface area contributed by atoms with Crippen LogP contribution in [-0.4, -0.2) is 131 Å². The minimum atomic E-state index is -3.22. The van der Waals surface area contributed by atoms with Gasteiger partial charge in [-0.25, -0.2) is 14.4 Å². The predicted octanol–water partition coefficient (Wildman–Crippen LogP) is 3.03. The lowest BCUT2D eigenvalue weighted by Crippen LogP contribution is -2.70. The van der Waals surface area contributed by atoms with Crippen LogP contribution in [0.5, 0.6) is 80.5 Å². The summed E-state index contributed by atoms with van der Waals surface area (Å²) in [6, 6.07) is 17.0. The van der Waals surface area contributed by atoms with Gasteiger partial charge in [0.15, 0.2) is 57.7 Å². The summed E-state index contributed by atoms with van der Waals surface area (Å²) in [6.45, 7) is 0. The monoisotopic (exact) mass is 1120 g/mol. The van der Waals surface area contributed by atoms with Gasteiger partial charge in [0.05, 0.1) is 6.10 Å². The average Bonchev–Trinajstić information content (AvgIpc) is 1.20. The first kappa shape index (κ1) is 52.6. The lowest BCUT2D eigenvalue weighted by Gasteiger charge is -2.50. The Hall–Kier alpha value is -10.4. The number of benzene rings is 6. The van der Waals surface area contributed by atoms with Crippen molar-refractivity contribution < 1.29 is 128 Å². The summed E-state index contributed by atoms with van der Waals surface area (Å²) < 4.78 is 47.0. The Morgan fingerprint density at radius 3 is 1.40 bits per heavy atom. The van der Waals surface area contributed by atoms with Gasteiger partial charge in [-0.05, 0) is 83.9 Å². The molecule has 0 spiro atoms. The lowest BCUT2D eigenvalue weighted by atomic mass is 9.79. The van der Waals surface area contributed by atoms with E-state index in [2.05, 4.69) is 0 Å². The number of carboxylic acids is 1. The second-order valence-corrected chi connectivity index (χ2v) is 19.1. The van der Waals surface area contributed by atoms with E-state index in [-0.39, 0.29) is 45.3 Å². The number of fused-ring (bicyclic) bond motifs is 6. The molecule has 81 heavy (non-hydrogen) atoms. The van der Waals surface area contributed by atoms with Crippen LogP contribution < -0.4 is 28.4 Å². The van der Waals surface area contributed by atoms with Gasteiger partial charge in [-0.15, -0.1) is 0 Å². The third-order valence-corrected chi connectivity index (χ3v) is 13.8. The summed E-state index contributed by atoms with van der Waals surface area (Å²) in [5, 5.41) is 139. The zero-order valence-electron chi connectivity index (χ0n) is 40.8. The molecule has 1 aliphatic carbocycles. The van der Waals surface area contributed by atoms with E-state index in [1.54, 1.807) is 0 Å². The number of aliphatic hydroxyl groups excluding tert-OH is 1. The Morgan fingerprint density at radius 1 is 0.481 bits per heavy atom. The van der Waals surface area contributed by atoms with Crippen molar-refractivity contribution in [1.29, 1.82) is 0 Å². The van der Waals surface area contributed by atoms with Gasteiger partial charge >= 0.3 is 41.1 Å². The van der Waals surface area contributed by atoms with Gasteiger partial charge in [-0.2, -0.15) is 0 Å². The van der Waals surface area contributed by atoms with E-state index in [0.29, 0.717) is 0 Å². The first-order valence-electron chi connectivity index (χ1n) is 23.8. The molecule has 0 aromatic heterocycles. The van der Waals surface area contributed by atoms with Gasteiger partial charge in [0.25, 0.3) is 11.6 Å². The molecule has 0 saturated heterocycles. The van der Waals surface area contributed by atoms with E-state index in [4.69, 9.17) is 37.9 Å². The fourth-order valence-corrected chi connectivity index (χ4v) is 9.95. The second-order valence-electron chi connectivity index (χ2n) is 19.1. The molecular weight excluding hydrogens is 1080 g/mol. The molecule has 0 radical (unpaired) electrons. The molecule has 1 saturated carbocycles.